The second-order valence-corrected chi connectivity index (χ2v) is 10.1. The summed E-state index contributed by atoms with van der Waals surface area (Å²) >= 11 is 0. The van der Waals surface area contributed by atoms with Crippen molar-refractivity contribution in [3.63, 3.8) is 0 Å². The van der Waals surface area contributed by atoms with E-state index in [2.05, 4.69) is 21.2 Å². The first-order valence-corrected chi connectivity index (χ1v) is 12.6. The van der Waals surface area contributed by atoms with Crippen molar-refractivity contribution in [2.24, 2.45) is 5.73 Å². The molecule has 0 bridgehead atoms. The average Bonchev–Trinajstić information content (AvgIpc) is 3.19. The number of carbonyl (C=O) groups excluding carboxylic acids is 4. The van der Waals surface area contributed by atoms with Gasteiger partial charge in [0.05, 0.1) is 0 Å². The van der Waals surface area contributed by atoms with Crippen molar-refractivity contribution in [1.82, 2.24) is 20.0 Å². The summed E-state index contributed by atoms with van der Waals surface area (Å²) in [5, 5.41) is 2.32. The highest BCUT2D eigenvalue weighted by Gasteiger charge is 2.39. The Morgan fingerprint density at radius 1 is 0.971 bits per heavy atom. The van der Waals surface area contributed by atoms with E-state index in [1.807, 2.05) is 17.0 Å². The lowest BCUT2D eigenvalue weighted by Gasteiger charge is -2.37. The summed E-state index contributed by atoms with van der Waals surface area (Å²) in [6.45, 7) is 6.07. The van der Waals surface area contributed by atoms with E-state index in [4.69, 9.17) is 5.73 Å². The van der Waals surface area contributed by atoms with Gasteiger partial charge in [0.15, 0.2) is 0 Å². The van der Waals surface area contributed by atoms with Crippen LogP contribution in [0.2, 0.25) is 0 Å². The number of likely N-dealkylation sites (tertiary alicyclic amines) is 1. The standard InChI is InChI=1S/C25H34N6O4/c26-17-4-8-30(9-5-17)24(34)6-7-28-10-12-29(13-11-28)21-3-1-2-19-20(21)16-31(25(19)35)18-14-22(32)27-23(33)15-18/h1-3,17-18H,4-16,26H2,(H,27,32,33). The minimum absolute atomic E-state index is 0.106. The molecule has 4 aliphatic heterocycles. The molecule has 0 aliphatic carbocycles. The van der Waals surface area contributed by atoms with Crippen LogP contribution >= 0.6 is 0 Å². The Morgan fingerprint density at radius 2 is 1.66 bits per heavy atom. The lowest BCUT2D eigenvalue weighted by atomic mass is 10.0. The van der Waals surface area contributed by atoms with Crippen LogP contribution < -0.4 is 16.0 Å². The number of carbonyl (C=O) groups is 4. The number of hydrogen-bond acceptors (Lipinski definition) is 7. The SMILES string of the molecule is NC1CCN(C(=O)CCN2CCN(c3cccc4c3CN(C3CC(=O)NC(=O)C3)C4=O)CC2)CC1. The predicted molar refractivity (Wildman–Crippen MR) is 130 cm³/mol. The van der Waals surface area contributed by atoms with E-state index in [-0.39, 0.29) is 42.5 Å². The maximum absolute atomic E-state index is 13.1. The van der Waals surface area contributed by atoms with Crippen molar-refractivity contribution in [3.05, 3.63) is 29.3 Å². The van der Waals surface area contributed by atoms with Crippen LogP contribution in [0.3, 0.4) is 0 Å². The van der Waals surface area contributed by atoms with Crippen molar-refractivity contribution in [3.8, 4) is 0 Å². The Hall–Kier alpha value is -2.98. The molecule has 3 saturated heterocycles. The molecule has 4 aliphatic rings. The number of benzene rings is 1. The molecule has 0 unspecified atom stereocenters. The van der Waals surface area contributed by atoms with Gasteiger partial charge in [-0.1, -0.05) is 6.07 Å². The number of rotatable bonds is 5. The first kappa shape index (κ1) is 23.7. The third kappa shape index (κ3) is 5.04. The fourth-order valence-electron chi connectivity index (χ4n) is 5.68. The van der Waals surface area contributed by atoms with Crippen LogP contribution in [0.25, 0.3) is 0 Å². The summed E-state index contributed by atoms with van der Waals surface area (Å²) in [6.07, 6.45) is 2.62. The average molecular weight is 483 g/mol. The van der Waals surface area contributed by atoms with Gasteiger partial charge in [-0.3, -0.25) is 29.4 Å². The monoisotopic (exact) mass is 482 g/mol. The van der Waals surface area contributed by atoms with Crippen LogP contribution in [-0.4, -0.2) is 96.2 Å². The van der Waals surface area contributed by atoms with E-state index >= 15 is 0 Å². The molecule has 1 aromatic carbocycles. The van der Waals surface area contributed by atoms with Gasteiger partial charge in [-0.15, -0.1) is 0 Å². The van der Waals surface area contributed by atoms with Gasteiger partial charge in [0.1, 0.15) is 0 Å². The Labute approximate surface area is 205 Å². The summed E-state index contributed by atoms with van der Waals surface area (Å²) < 4.78 is 0. The smallest absolute Gasteiger partial charge is 0.254 e. The van der Waals surface area contributed by atoms with Crippen molar-refractivity contribution < 1.29 is 19.2 Å². The molecule has 0 atom stereocenters. The Morgan fingerprint density at radius 3 is 2.34 bits per heavy atom. The van der Waals surface area contributed by atoms with Gasteiger partial charge in [0, 0.05) is 101 Å². The molecule has 10 nitrogen and oxygen atoms in total. The summed E-state index contributed by atoms with van der Waals surface area (Å²) in [5.74, 6) is -0.541. The normalized spacial score (nSPS) is 22.5. The zero-order valence-electron chi connectivity index (χ0n) is 20.1. The quantitative estimate of drug-likeness (QED) is 0.563. The fraction of sp³-hybridized carbons (Fsp3) is 0.600. The van der Waals surface area contributed by atoms with Crippen LogP contribution in [0.15, 0.2) is 18.2 Å². The van der Waals surface area contributed by atoms with E-state index in [1.165, 1.54) is 0 Å². The van der Waals surface area contributed by atoms with Crippen LogP contribution in [-0.2, 0) is 20.9 Å². The van der Waals surface area contributed by atoms with Gasteiger partial charge in [0.2, 0.25) is 17.7 Å². The first-order chi connectivity index (χ1) is 16.9. The molecule has 3 fully saturated rings. The maximum atomic E-state index is 13.1. The van der Waals surface area contributed by atoms with Gasteiger partial charge < -0.3 is 20.4 Å². The molecule has 35 heavy (non-hydrogen) atoms. The molecule has 0 saturated carbocycles. The zero-order chi connectivity index (χ0) is 24.5. The molecule has 4 heterocycles. The van der Waals surface area contributed by atoms with Crippen molar-refractivity contribution in [1.29, 1.82) is 0 Å². The number of piperazine rings is 1. The third-order valence-corrected chi connectivity index (χ3v) is 7.78. The van der Waals surface area contributed by atoms with E-state index in [1.54, 1.807) is 4.90 Å². The number of piperidine rings is 2. The van der Waals surface area contributed by atoms with Crippen molar-refractivity contribution >= 4 is 29.3 Å². The number of hydrogen-bond donors (Lipinski definition) is 2. The largest absolute Gasteiger partial charge is 0.369 e. The zero-order valence-corrected chi connectivity index (χ0v) is 20.1. The minimum atomic E-state index is -0.394. The molecule has 0 radical (unpaired) electrons. The van der Waals surface area contributed by atoms with Crippen LogP contribution in [0.1, 0.15) is 48.0 Å². The Bertz CT molecular complexity index is 997. The van der Waals surface area contributed by atoms with E-state index in [0.29, 0.717) is 18.5 Å². The number of nitrogens with two attached hydrogens (primary N) is 1. The highest BCUT2D eigenvalue weighted by molar-refractivity contribution is 6.03. The molecule has 4 amide bonds. The summed E-state index contributed by atoms with van der Waals surface area (Å²) in [5.41, 5.74) is 8.63. The molecule has 0 spiro atoms. The van der Waals surface area contributed by atoms with Crippen molar-refractivity contribution in [2.45, 2.75) is 50.7 Å². The van der Waals surface area contributed by atoms with Crippen LogP contribution in [0.4, 0.5) is 5.69 Å². The minimum Gasteiger partial charge on any atom is -0.369 e. The molecular weight excluding hydrogens is 448 g/mol. The first-order valence-electron chi connectivity index (χ1n) is 12.6. The second kappa shape index (κ2) is 9.94. The third-order valence-electron chi connectivity index (χ3n) is 7.78. The molecule has 188 valence electrons. The van der Waals surface area contributed by atoms with Gasteiger partial charge in [-0.25, -0.2) is 0 Å². The summed E-state index contributed by atoms with van der Waals surface area (Å²) in [6, 6.07) is 5.62. The molecule has 0 aromatic heterocycles. The number of imide groups is 1. The molecule has 3 N–H and O–H groups in total. The maximum Gasteiger partial charge on any atom is 0.254 e. The van der Waals surface area contributed by atoms with Crippen LogP contribution in [0, 0.1) is 0 Å². The predicted octanol–water partition coefficient (Wildman–Crippen LogP) is -0.0906. The van der Waals surface area contributed by atoms with Crippen LogP contribution in [0.5, 0.6) is 0 Å². The van der Waals surface area contributed by atoms with E-state index in [0.717, 1.165) is 69.9 Å². The molecule has 10 heteroatoms. The van der Waals surface area contributed by atoms with Gasteiger partial charge in [-0.2, -0.15) is 0 Å². The lowest BCUT2D eigenvalue weighted by molar-refractivity contribution is -0.135. The van der Waals surface area contributed by atoms with Crippen molar-refractivity contribution in [2.75, 3.05) is 50.7 Å². The number of fused-ring (bicyclic) bond motifs is 1. The van der Waals surface area contributed by atoms with Gasteiger partial charge in [0.25, 0.3) is 5.91 Å². The van der Waals surface area contributed by atoms with Gasteiger partial charge >= 0.3 is 0 Å². The van der Waals surface area contributed by atoms with E-state index < -0.39 is 6.04 Å². The summed E-state index contributed by atoms with van der Waals surface area (Å²) in [4.78, 5) is 57.6. The molecule has 5 rings (SSSR count). The summed E-state index contributed by atoms with van der Waals surface area (Å²) in [7, 11) is 0. The number of nitrogens with zero attached hydrogens (tertiary/aromatic N) is 4. The topological polar surface area (TPSA) is 119 Å². The number of nitrogens with one attached hydrogen (secondary N) is 1. The lowest BCUT2D eigenvalue weighted by Crippen LogP contribution is -2.49. The molecular formula is C25H34N6O4. The Kier molecular flexibility index (Phi) is 6.75. The molecule has 1 aromatic rings. The fourth-order valence-corrected chi connectivity index (χ4v) is 5.68. The van der Waals surface area contributed by atoms with Gasteiger partial charge in [-0.05, 0) is 25.0 Å². The number of anilines is 1. The number of amides is 4. The Balaban J connectivity index is 1.17. The van der Waals surface area contributed by atoms with E-state index in [9.17, 15) is 19.2 Å². The second-order valence-electron chi connectivity index (χ2n) is 10.1. The highest BCUT2D eigenvalue weighted by Crippen LogP contribution is 2.34. The highest BCUT2D eigenvalue weighted by atomic mass is 16.2.